The van der Waals surface area contributed by atoms with Crippen LogP contribution in [0.5, 0.6) is 0 Å². The molecule has 18 heavy (non-hydrogen) atoms. The number of nitrogens with one attached hydrogen (secondary N) is 1. The molecule has 0 amide bonds. The van der Waals surface area contributed by atoms with Crippen LogP contribution in [0.15, 0.2) is 36.5 Å². The molecular weight excluding hydrogens is 220 g/mol. The van der Waals surface area contributed by atoms with Gasteiger partial charge in [-0.2, -0.15) is 0 Å². The lowest BCUT2D eigenvalue weighted by Crippen LogP contribution is -2.33. The Hall–Kier alpha value is -1.41. The fourth-order valence-electron chi connectivity index (χ4n) is 3.00. The summed E-state index contributed by atoms with van der Waals surface area (Å²) in [6.45, 7) is 4.40. The van der Waals surface area contributed by atoms with Gasteiger partial charge < -0.3 is 5.32 Å². The lowest BCUT2D eigenvalue weighted by atomic mass is 9.69. The minimum atomic E-state index is 0.719. The molecule has 2 unspecified atom stereocenters. The van der Waals surface area contributed by atoms with Crippen molar-refractivity contribution in [2.45, 2.75) is 25.7 Å². The van der Waals surface area contributed by atoms with E-state index >= 15 is 0 Å². The Kier molecular flexibility index (Phi) is 3.28. The number of hydrogen-bond acceptors (Lipinski definition) is 2. The molecule has 0 aliphatic heterocycles. The second-order valence-corrected chi connectivity index (χ2v) is 5.17. The quantitative estimate of drug-likeness (QED) is 0.886. The van der Waals surface area contributed by atoms with E-state index in [0.717, 1.165) is 30.4 Å². The normalized spacial score (nSPS) is 22.9. The number of fused-ring (bicyclic) bond motifs is 1. The Morgan fingerprint density at radius 2 is 2.17 bits per heavy atom. The minimum Gasteiger partial charge on any atom is -0.317 e. The summed E-state index contributed by atoms with van der Waals surface area (Å²) in [5, 5.41) is 4.82. The maximum atomic E-state index is 4.45. The van der Waals surface area contributed by atoms with Crippen LogP contribution in [0.4, 0.5) is 0 Å². The predicted molar refractivity (Wildman–Crippen MR) is 75.8 cm³/mol. The zero-order chi connectivity index (χ0) is 12.4. The van der Waals surface area contributed by atoms with Gasteiger partial charge >= 0.3 is 0 Å². The van der Waals surface area contributed by atoms with Crippen molar-refractivity contribution in [2.75, 3.05) is 13.1 Å². The molecule has 1 aliphatic rings. The van der Waals surface area contributed by atoms with Crippen LogP contribution in [-0.4, -0.2) is 18.1 Å². The monoisotopic (exact) mass is 240 g/mol. The topological polar surface area (TPSA) is 24.9 Å². The van der Waals surface area contributed by atoms with Gasteiger partial charge in [-0.05, 0) is 55.5 Å². The van der Waals surface area contributed by atoms with E-state index in [0.29, 0.717) is 0 Å². The Bertz CT molecular complexity index is 530. The lowest BCUT2D eigenvalue weighted by Gasteiger charge is -2.37. The first kappa shape index (κ1) is 11.7. The van der Waals surface area contributed by atoms with Gasteiger partial charge in [0.05, 0.1) is 5.52 Å². The molecule has 0 spiro atoms. The summed E-state index contributed by atoms with van der Waals surface area (Å²) >= 11 is 0. The van der Waals surface area contributed by atoms with Crippen LogP contribution in [-0.2, 0) is 0 Å². The third-order valence-electron chi connectivity index (χ3n) is 4.15. The number of nitrogens with zero attached hydrogens (tertiary/aromatic N) is 1. The van der Waals surface area contributed by atoms with Gasteiger partial charge in [0.25, 0.3) is 0 Å². The average Bonchev–Trinajstić information content (AvgIpc) is 2.38. The highest BCUT2D eigenvalue weighted by molar-refractivity contribution is 5.82. The highest BCUT2D eigenvalue weighted by Crippen LogP contribution is 2.44. The van der Waals surface area contributed by atoms with E-state index in [9.17, 15) is 0 Å². The third-order valence-corrected chi connectivity index (χ3v) is 4.15. The number of rotatable bonds is 4. The maximum absolute atomic E-state index is 4.45. The third kappa shape index (κ3) is 2.01. The van der Waals surface area contributed by atoms with Crippen molar-refractivity contribution >= 4 is 10.9 Å². The van der Waals surface area contributed by atoms with Crippen molar-refractivity contribution in [3.63, 3.8) is 0 Å². The van der Waals surface area contributed by atoms with Crippen LogP contribution < -0.4 is 5.32 Å². The highest BCUT2D eigenvalue weighted by Gasteiger charge is 2.32. The molecule has 3 rings (SSSR count). The van der Waals surface area contributed by atoms with E-state index < -0.39 is 0 Å². The van der Waals surface area contributed by atoms with E-state index in [1.165, 1.54) is 23.8 Å². The lowest BCUT2D eigenvalue weighted by molar-refractivity contribution is 0.249. The molecule has 0 bridgehead atoms. The Labute approximate surface area is 108 Å². The van der Waals surface area contributed by atoms with E-state index in [-0.39, 0.29) is 0 Å². The van der Waals surface area contributed by atoms with Gasteiger partial charge in [0.2, 0.25) is 0 Å². The maximum Gasteiger partial charge on any atom is 0.0704 e. The van der Waals surface area contributed by atoms with Gasteiger partial charge in [-0.3, -0.25) is 4.98 Å². The van der Waals surface area contributed by atoms with E-state index in [4.69, 9.17) is 0 Å². The summed E-state index contributed by atoms with van der Waals surface area (Å²) in [6, 6.07) is 10.8. The molecule has 0 radical (unpaired) electrons. The fraction of sp³-hybridized carbons (Fsp3) is 0.438. The molecule has 1 aliphatic carbocycles. The SMILES string of the molecule is CCNCC1CCC1c1cccc2ncccc12. The summed E-state index contributed by atoms with van der Waals surface area (Å²) in [5.41, 5.74) is 2.62. The van der Waals surface area contributed by atoms with Crippen LogP contribution in [0.25, 0.3) is 10.9 Å². The van der Waals surface area contributed by atoms with Gasteiger partial charge in [-0.1, -0.05) is 25.1 Å². The summed E-state index contributed by atoms with van der Waals surface area (Å²) in [5.74, 6) is 1.52. The molecule has 2 atom stereocenters. The van der Waals surface area contributed by atoms with E-state index in [1.807, 2.05) is 12.3 Å². The number of hydrogen-bond donors (Lipinski definition) is 1. The minimum absolute atomic E-state index is 0.719. The van der Waals surface area contributed by atoms with Crippen molar-refractivity contribution in [1.82, 2.24) is 10.3 Å². The zero-order valence-corrected chi connectivity index (χ0v) is 10.9. The molecule has 0 saturated heterocycles. The molecule has 1 fully saturated rings. The van der Waals surface area contributed by atoms with Crippen molar-refractivity contribution in [2.24, 2.45) is 5.92 Å². The molecule has 1 heterocycles. The average molecular weight is 240 g/mol. The predicted octanol–water partition coefficient (Wildman–Crippen LogP) is 3.34. The molecule has 1 saturated carbocycles. The van der Waals surface area contributed by atoms with Crippen LogP contribution in [0.2, 0.25) is 0 Å². The largest absolute Gasteiger partial charge is 0.317 e. The highest BCUT2D eigenvalue weighted by atomic mass is 14.9. The summed E-state index contributed by atoms with van der Waals surface area (Å²) in [7, 11) is 0. The fourth-order valence-corrected chi connectivity index (χ4v) is 3.00. The number of aromatic nitrogens is 1. The van der Waals surface area contributed by atoms with Crippen LogP contribution >= 0.6 is 0 Å². The molecule has 1 aromatic heterocycles. The molecule has 1 N–H and O–H groups in total. The second-order valence-electron chi connectivity index (χ2n) is 5.17. The number of benzene rings is 1. The Balaban J connectivity index is 1.90. The molecular formula is C16H20N2. The van der Waals surface area contributed by atoms with Crippen molar-refractivity contribution < 1.29 is 0 Å². The first-order valence-electron chi connectivity index (χ1n) is 6.94. The first-order chi connectivity index (χ1) is 8.90. The first-order valence-corrected chi connectivity index (χ1v) is 6.94. The standard InChI is InChI=1S/C16H20N2/c1-2-17-11-12-8-9-13(12)14-5-3-7-16-15(14)6-4-10-18-16/h3-7,10,12-13,17H,2,8-9,11H2,1H3. The molecule has 2 aromatic rings. The van der Waals surface area contributed by atoms with Gasteiger partial charge in [-0.25, -0.2) is 0 Å². The van der Waals surface area contributed by atoms with Gasteiger partial charge in [-0.15, -0.1) is 0 Å². The molecule has 2 heteroatoms. The smallest absolute Gasteiger partial charge is 0.0704 e. The van der Waals surface area contributed by atoms with E-state index in [2.05, 4.69) is 41.5 Å². The van der Waals surface area contributed by atoms with Crippen molar-refractivity contribution in [3.8, 4) is 0 Å². The molecule has 1 aromatic carbocycles. The summed E-state index contributed by atoms with van der Waals surface area (Å²) < 4.78 is 0. The van der Waals surface area contributed by atoms with Crippen molar-refractivity contribution in [3.05, 3.63) is 42.1 Å². The van der Waals surface area contributed by atoms with Crippen LogP contribution in [0.3, 0.4) is 0 Å². The second kappa shape index (κ2) is 5.07. The van der Waals surface area contributed by atoms with Gasteiger partial charge in [0.15, 0.2) is 0 Å². The van der Waals surface area contributed by atoms with Crippen molar-refractivity contribution in [1.29, 1.82) is 0 Å². The van der Waals surface area contributed by atoms with Crippen LogP contribution in [0, 0.1) is 5.92 Å². The number of pyridine rings is 1. The van der Waals surface area contributed by atoms with Gasteiger partial charge in [0, 0.05) is 11.6 Å². The summed E-state index contributed by atoms with van der Waals surface area (Å²) in [4.78, 5) is 4.45. The Morgan fingerprint density at radius 1 is 1.22 bits per heavy atom. The van der Waals surface area contributed by atoms with Gasteiger partial charge in [0.1, 0.15) is 0 Å². The van der Waals surface area contributed by atoms with Crippen LogP contribution in [0.1, 0.15) is 31.2 Å². The Morgan fingerprint density at radius 3 is 2.94 bits per heavy atom. The summed E-state index contributed by atoms with van der Waals surface area (Å²) in [6.07, 6.45) is 4.56. The zero-order valence-electron chi connectivity index (χ0n) is 10.9. The molecule has 2 nitrogen and oxygen atoms in total. The van der Waals surface area contributed by atoms with E-state index in [1.54, 1.807) is 0 Å². The molecule has 94 valence electrons.